The molecule has 1 aliphatic carbocycles. The van der Waals surface area contributed by atoms with Gasteiger partial charge in [-0.1, -0.05) is 0 Å². The minimum Gasteiger partial charge on any atom is -0.493 e. The molecule has 2 aliphatic heterocycles. The lowest BCUT2D eigenvalue weighted by Crippen LogP contribution is -2.30. The molecule has 0 N–H and O–H groups in total. The molecule has 22 heavy (non-hydrogen) atoms. The van der Waals surface area contributed by atoms with Crippen molar-refractivity contribution in [2.24, 2.45) is 11.8 Å². The molecule has 1 aromatic carbocycles. The largest absolute Gasteiger partial charge is 0.493 e. The number of carbonyl (C=O) groups is 1. The molecular formula is C18H21FO3. The molecule has 2 bridgehead atoms. The zero-order chi connectivity index (χ0) is 15.1. The van der Waals surface area contributed by atoms with Gasteiger partial charge in [-0.15, -0.1) is 0 Å². The van der Waals surface area contributed by atoms with Crippen molar-refractivity contribution in [3.8, 4) is 5.75 Å². The van der Waals surface area contributed by atoms with Crippen LogP contribution in [0, 0.1) is 17.7 Å². The number of ether oxygens (including phenoxy) is 2. The Morgan fingerprint density at radius 3 is 2.59 bits per heavy atom. The Labute approximate surface area is 129 Å². The molecule has 118 valence electrons. The fraction of sp³-hybridized carbons (Fsp3) is 0.611. The van der Waals surface area contributed by atoms with Crippen molar-refractivity contribution < 1.29 is 18.7 Å². The molecule has 1 aromatic rings. The molecular weight excluding hydrogens is 283 g/mol. The summed E-state index contributed by atoms with van der Waals surface area (Å²) in [5.74, 6) is 0.725. The smallest absolute Gasteiger partial charge is 0.169 e. The van der Waals surface area contributed by atoms with Crippen molar-refractivity contribution in [2.45, 2.75) is 50.7 Å². The predicted molar refractivity (Wildman–Crippen MR) is 79.6 cm³/mol. The van der Waals surface area contributed by atoms with Crippen molar-refractivity contribution in [3.05, 3.63) is 29.6 Å². The number of hydrogen-bond acceptors (Lipinski definition) is 3. The van der Waals surface area contributed by atoms with E-state index >= 15 is 0 Å². The summed E-state index contributed by atoms with van der Waals surface area (Å²) >= 11 is 0. The number of halogens is 1. The molecule has 4 heteroatoms. The van der Waals surface area contributed by atoms with Crippen molar-refractivity contribution in [1.29, 1.82) is 0 Å². The summed E-state index contributed by atoms with van der Waals surface area (Å²) < 4.78 is 25.2. The summed E-state index contributed by atoms with van der Waals surface area (Å²) in [5, 5.41) is 0. The monoisotopic (exact) mass is 304 g/mol. The van der Waals surface area contributed by atoms with Gasteiger partial charge in [-0.3, -0.25) is 4.79 Å². The van der Waals surface area contributed by atoms with E-state index in [1.165, 1.54) is 25.0 Å². The minimum absolute atomic E-state index is 0.0190. The molecule has 0 aromatic heterocycles. The molecule has 3 aliphatic rings. The second-order valence-corrected chi connectivity index (χ2v) is 6.88. The third-order valence-electron chi connectivity index (χ3n) is 5.04. The molecule has 0 spiro atoms. The van der Waals surface area contributed by atoms with Gasteiger partial charge in [0.1, 0.15) is 11.6 Å². The Balaban J connectivity index is 1.54. The highest BCUT2D eigenvalue weighted by molar-refractivity contribution is 6.00. The third-order valence-corrected chi connectivity index (χ3v) is 5.04. The van der Waals surface area contributed by atoms with Crippen LogP contribution in [0.15, 0.2) is 18.2 Å². The van der Waals surface area contributed by atoms with Gasteiger partial charge in [0, 0.05) is 5.92 Å². The Morgan fingerprint density at radius 2 is 1.91 bits per heavy atom. The van der Waals surface area contributed by atoms with Crippen molar-refractivity contribution >= 4 is 5.78 Å². The Kier molecular flexibility index (Phi) is 3.65. The quantitative estimate of drug-likeness (QED) is 0.777. The fourth-order valence-electron chi connectivity index (χ4n) is 3.60. The summed E-state index contributed by atoms with van der Waals surface area (Å²) in [4.78, 5) is 12.8. The van der Waals surface area contributed by atoms with Crippen LogP contribution in [-0.2, 0) is 4.74 Å². The van der Waals surface area contributed by atoms with E-state index in [1.807, 2.05) is 0 Å². The lowest BCUT2D eigenvalue weighted by Gasteiger charge is -2.27. The van der Waals surface area contributed by atoms with E-state index in [2.05, 4.69) is 0 Å². The first-order valence-electron chi connectivity index (χ1n) is 8.31. The second kappa shape index (κ2) is 5.65. The second-order valence-electron chi connectivity index (χ2n) is 6.88. The van der Waals surface area contributed by atoms with E-state index in [1.54, 1.807) is 6.07 Å². The number of carbonyl (C=O) groups excluding carboxylic acids is 1. The van der Waals surface area contributed by atoms with Crippen LogP contribution in [0.25, 0.3) is 0 Å². The first kappa shape index (κ1) is 14.2. The van der Waals surface area contributed by atoms with Gasteiger partial charge in [-0.05, 0) is 62.6 Å². The van der Waals surface area contributed by atoms with Gasteiger partial charge < -0.3 is 9.47 Å². The molecule has 1 saturated carbocycles. The average Bonchev–Trinajstić information content (AvgIpc) is 3.29. The number of fused-ring (bicyclic) bond motifs is 2. The zero-order valence-electron chi connectivity index (χ0n) is 12.6. The van der Waals surface area contributed by atoms with Crippen LogP contribution >= 0.6 is 0 Å². The van der Waals surface area contributed by atoms with E-state index in [-0.39, 0.29) is 29.7 Å². The average molecular weight is 304 g/mol. The van der Waals surface area contributed by atoms with E-state index in [4.69, 9.17) is 9.47 Å². The molecule has 3 nitrogen and oxygen atoms in total. The highest BCUT2D eigenvalue weighted by Crippen LogP contribution is 2.38. The number of Topliss-reactive ketones (excluding diaryl/α,β-unsaturated/α-hetero) is 1. The first-order chi connectivity index (χ1) is 10.7. The van der Waals surface area contributed by atoms with E-state index < -0.39 is 0 Å². The molecule has 4 rings (SSSR count). The van der Waals surface area contributed by atoms with Gasteiger partial charge in [-0.2, -0.15) is 0 Å². The Hall–Kier alpha value is -1.42. The number of rotatable bonds is 5. The molecule has 2 unspecified atom stereocenters. The summed E-state index contributed by atoms with van der Waals surface area (Å²) in [7, 11) is 0. The maximum absolute atomic E-state index is 13.6. The molecule has 0 amide bonds. The van der Waals surface area contributed by atoms with Gasteiger partial charge in [0.2, 0.25) is 0 Å². The van der Waals surface area contributed by atoms with E-state index in [0.717, 1.165) is 25.7 Å². The zero-order valence-corrected chi connectivity index (χ0v) is 12.6. The minimum atomic E-state index is -0.378. The third kappa shape index (κ3) is 2.89. The summed E-state index contributed by atoms with van der Waals surface area (Å²) in [6.45, 7) is 0.630. The van der Waals surface area contributed by atoms with Crippen LogP contribution in [0.3, 0.4) is 0 Å². The first-order valence-corrected chi connectivity index (χ1v) is 8.31. The van der Waals surface area contributed by atoms with Gasteiger partial charge in [0.25, 0.3) is 0 Å². The lowest BCUT2D eigenvalue weighted by molar-refractivity contribution is -0.0149. The van der Waals surface area contributed by atoms with Crippen LogP contribution in [0.1, 0.15) is 48.9 Å². The summed E-state index contributed by atoms with van der Waals surface area (Å²) in [6, 6.07) is 4.30. The van der Waals surface area contributed by atoms with E-state index in [0.29, 0.717) is 23.8 Å². The van der Waals surface area contributed by atoms with Gasteiger partial charge in [0.15, 0.2) is 5.78 Å². The number of benzene rings is 1. The van der Waals surface area contributed by atoms with Gasteiger partial charge in [0.05, 0.1) is 24.4 Å². The lowest BCUT2D eigenvalue weighted by atomic mass is 9.87. The SMILES string of the molecule is O=C(c1cc(F)ccc1OCC1CC1)C1CC2CCC(C1)O2. The van der Waals surface area contributed by atoms with E-state index in [9.17, 15) is 9.18 Å². The van der Waals surface area contributed by atoms with Crippen molar-refractivity contribution in [1.82, 2.24) is 0 Å². The Morgan fingerprint density at radius 1 is 1.18 bits per heavy atom. The Bertz CT molecular complexity index is 570. The van der Waals surface area contributed by atoms with Crippen LogP contribution in [0.5, 0.6) is 5.75 Å². The maximum atomic E-state index is 13.6. The van der Waals surface area contributed by atoms with Gasteiger partial charge >= 0.3 is 0 Å². The summed E-state index contributed by atoms with van der Waals surface area (Å²) in [5.41, 5.74) is 0.409. The predicted octanol–water partition coefficient (Wildman–Crippen LogP) is 3.75. The summed E-state index contributed by atoms with van der Waals surface area (Å²) in [6.07, 6.45) is 6.39. The number of hydrogen-bond donors (Lipinski definition) is 0. The van der Waals surface area contributed by atoms with Crippen LogP contribution in [0.4, 0.5) is 4.39 Å². The van der Waals surface area contributed by atoms with Gasteiger partial charge in [-0.25, -0.2) is 4.39 Å². The number of ketones is 1. The standard InChI is InChI=1S/C18H21FO3/c19-13-3-6-17(21-10-11-1-2-11)16(9-13)18(20)12-7-14-4-5-15(8-12)22-14/h3,6,9,11-12,14-15H,1-2,4-5,7-8,10H2. The molecule has 2 heterocycles. The molecule has 2 atom stereocenters. The topological polar surface area (TPSA) is 35.5 Å². The highest BCUT2D eigenvalue weighted by atomic mass is 19.1. The van der Waals surface area contributed by atoms with Crippen LogP contribution in [0.2, 0.25) is 0 Å². The molecule has 0 radical (unpaired) electrons. The molecule has 3 fully saturated rings. The van der Waals surface area contributed by atoms with Crippen LogP contribution < -0.4 is 4.74 Å². The van der Waals surface area contributed by atoms with Crippen LogP contribution in [-0.4, -0.2) is 24.6 Å². The molecule has 2 saturated heterocycles. The van der Waals surface area contributed by atoms with Crippen molar-refractivity contribution in [3.63, 3.8) is 0 Å². The highest BCUT2D eigenvalue weighted by Gasteiger charge is 2.39. The maximum Gasteiger partial charge on any atom is 0.169 e. The normalized spacial score (nSPS) is 30.3. The fourth-order valence-corrected chi connectivity index (χ4v) is 3.60. The van der Waals surface area contributed by atoms with Crippen molar-refractivity contribution in [2.75, 3.05) is 6.61 Å².